The topological polar surface area (TPSA) is 61.4 Å². The number of rotatable bonds is 4. The lowest BCUT2D eigenvalue weighted by Crippen LogP contribution is -1.99. The highest BCUT2D eigenvalue weighted by Gasteiger charge is 2.27. The Balaban J connectivity index is 0.000000128. The molecule has 0 N–H and O–H groups in total. The SMILES string of the molecule is Cc1nnc(Br)n1-c1ccc(C2CC2)c2ccccc12.c1ccc2c(-n3cnnc3)ccc(C3CC3)c2c1. The summed E-state index contributed by atoms with van der Waals surface area (Å²) in [5, 5.41) is 21.3. The Morgan fingerprint density at radius 3 is 1.63 bits per heavy atom. The molecule has 4 aromatic carbocycles. The summed E-state index contributed by atoms with van der Waals surface area (Å²) in [5.74, 6) is 2.41. The molecule has 0 aliphatic heterocycles. The van der Waals surface area contributed by atoms with Gasteiger partial charge in [0.1, 0.15) is 18.5 Å². The van der Waals surface area contributed by atoms with Gasteiger partial charge in [0.15, 0.2) is 0 Å². The van der Waals surface area contributed by atoms with E-state index in [0.717, 1.165) is 33.8 Å². The highest BCUT2D eigenvalue weighted by molar-refractivity contribution is 9.10. The Bertz CT molecular complexity index is 1740. The van der Waals surface area contributed by atoms with Crippen molar-refractivity contribution in [3.8, 4) is 11.4 Å². The van der Waals surface area contributed by atoms with Crippen molar-refractivity contribution in [1.82, 2.24) is 29.5 Å². The number of hydrogen-bond donors (Lipinski definition) is 0. The van der Waals surface area contributed by atoms with Crippen LogP contribution in [-0.4, -0.2) is 29.5 Å². The van der Waals surface area contributed by atoms with E-state index in [4.69, 9.17) is 0 Å². The molecule has 0 saturated heterocycles. The standard InChI is InChI=1S/C16H14BrN3.C15H13N3/c1-10-18-19-16(17)20(10)15-9-8-12(11-6-7-11)13-4-2-3-5-14(13)15;1-2-4-14-13(3-1)12(11-5-6-11)7-8-15(14)18-9-16-17-10-18/h2-5,8-9,11H,6-7H2,1H3;1-4,7-11H,5-6H2. The molecule has 0 spiro atoms. The minimum Gasteiger partial charge on any atom is -0.288 e. The number of hydrogen-bond acceptors (Lipinski definition) is 4. The fourth-order valence-electron chi connectivity index (χ4n) is 5.47. The summed E-state index contributed by atoms with van der Waals surface area (Å²) in [4.78, 5) is 0. The van der Waals surface area contributed by atoms with Crippen LogP contribution in [-0.2, 0) is 0 Å². The van der Waals surface area contributed by atoms with Crippen LogP contribution in [0.5, 0.6) is 0 Å². The van der Waals surface area contributed by atoms with E-state index < -0.39 is 0 Å². The maximum atomic E-state index is 4.14. The number of halogens is 1. The quantitative estimate of drug-likeness (QED) is 0.221. The third-order valence-corrected chi connectivity index (χ3v) is 8.14. The van der Waals surface area contributed by atoms with Crippen LogP contribution >= 0.6 is 15.9 Å². The smallest absolute Gasteiger partial charge is 0.204 e. The van der Waals surface area contributed by atoms with Crippen molar-refractivity contribution in [2.45, 2.75) is 44.4 Å². The van der Waals surface area contributed by atoms with Gasteiger partial charge in [0.05, 0.1) is 11.4 Å². The van der Waals surface area contributed by atoms with Gasteiger partial charge in [-0.05, 0) is 94.4 Å². The van der Waals surface area contributed by atoms with E-state index in [0.29, 0.717) is 0 Å². The predicted molar refractivity (Wildman–Crippen MR) is 154 cm³/mol. The third-order valence-electron chi connectivity index (χ3n) is 7.63. The lowest BCUT2D eigenvalue weighted by molar-refractivity contribution is 0.963. The van der Waals surface area contributed by atoms with Crippen molar-refractivity contribution in [3.05, 3.63) is 107 Å². The van der Waals surface area contributed by atoms with Gasteiger partial charge in [0, 0.05) is 10.8 Å². The first-order valence-electron chi connectivity index (χ1n) is 13.1. The van der Waals surface area contributed by atoms with Gasteiger partial charge < -0.3 is 0 Å². The van der Waals surface area contributed by atoms with Gasteiger partial charge in [0.25, 0.3) is 0 Å². The summed E-state index contributed by atoms with van der Waals surface area (Å²) in [7, 11) is 0. The first kappa shape index (κ1) is 23.3. The molecule has 2 aromatic heterocycles. The summed E-state index contributed by atoms with van der Waals surface area (Å²) in [6.45, 7) is 1.97. The first-order chi connectivity index (χ1) is 18.7. The zero-order valence-corrected chi connectivity index (χ0v) is 22.7. The molecular formula is C31H27BrN6. The molecule has 0 amide bonds. The van der Waals surface area contributed by atoms with E-state index in [1.165, 1.54) is 58.4 Å². The molecule has 2 saturated carbocycles. The van der Waals surface area contributed by atoms with E-state index in [1.807, 2.05) is 11.5 Å². The van der Waals surface area contributed by atoms with Crippen LogP contribution in [0.15, 0.2) is 90.2 Å². The summed E-state index contributed by atoms with van der Waals surface area (Å²) in [5.41, 5.74) is 5.26. The van der Waals surface area contributed by atoms with Crippen molar-refractivity contribution in [3.63, 3.8) is 0 Å². The van der Waals surface area contributed by atoms with Crippen LogP contribution in [0.2, 0.25) is 0 Å². The van der Waals surface area contributed by atoms with E-state index in [2.05, 4.69) is 114 Å². The van der Waals surface area contributed by atoms with Gasteiger partial charge in [-0.15, -0.1) is 20.4 Å². The van der Waals surface area contributed by atoms with E-state index >= 15 is 0 Å². The molecule has 2 fully saturated rings. The zero-order chi connectivity index (χ0) is 25.6. The Morgan fingerprint density at radius 1 is 0.632 bits per heavy atom. The molecule has 0 bridgehead atoms. The molecule has 0 unspecified atom stereocenters. The molecule has 2 aliphatic rings. The summed E-state index contributed by atoms with van der Waals surface area (Å²) >= 11 is 3.49. The minimum absolute atomic E-state index is 0.749. The zero-order valence-electron chi connectivity index (χ0n) is 21.1. The molecule has 0 atom stereocenters. The van der Waals surface area contributed by atoms with Crippen LogP contribution in [0, 0.1) is 6.92 Å². The van der Waals surface area contributed by atoms with Crippen molar-refractivity contribution >= 4 is 37.5 Å². The second kappa shape index (κ2) is 9.48. The van der Waals surface area contributed by atoms with Crippen LogP contribution in [0.4, 0.5) is 0 Å². The molecular weight excluding hydrogens is 536 g/mol. The largest absolute Gasteiger partial charge is 0.288 e. The predicted octanol–water partition coefficient (Wildman–Crippen LogP) is 7.67. The number of nitrogens with zero attached hydrogens (tertiary/aromatic N) is 6. The van der Waals surface area contributed by atoms with Crippen LogP contribution in [0.1, 0.15) is 54.5 Å². The molecule has 7 heteroatoms. The monoisotopic (exact) mass is 562 g/mol. The molecule has 6 nitrogen and oxygen atoms in total. The summed E-state index contributed by atoms with van der Waals surface area (Å²) < 4.78 is 4.78. The third kappa shape index (κ3) is 4.21. The minimum atomic E-state index is 0.749. The highest BCUT2D eigenvalue weighted by Crippen LogP contribution is 2.45. The van der Waals surface area contributed by atoms with E-state index in [-0.39, 0.29) is 0 Å². The van der Waals surface area contributed by atoms with Gasteiger partial charge in [-0.25, -0.2) is 0 Å². The van der Waals surface area contributed by atoms with Gasteiger partial charge in [-0.1, -0.05) is 60.7 Å². The number of aryl methyl sites for hydroxylation is 1. The van der Waals surface area contributed by atoms with Crippen molar-refractivity contribution in [2.75, 3.05) is 0 Å². The number of benzene rings is 4. The number of aromatic nitrogens is 6. The molecule has 2 aliphatic carbocycles. The summed E-state index contributed by atoms with van der Waals surface area (Å²) in [6, 6.07) is 26.1. The number of fused-ring (bicyclic) bond motifs is 2. The van der Waals surface area contributed by atoms with E-state index in [9.17, 15) is 0 Å². The van der Waals surface area contributed by atoms with Gasteiger partial charge in [-0.3, -0.25) is 9.13 Å². The maximum absolute atomic E-state index is 4.14. The Kier molecular flexibility index (Phi) is 5.81. The van der Waals surface area contributed by atoms with Gasteiger partial charge in [0.2, 0.25) is 4.73 Å². The lowest BCUT2D eigenvalue weighted by atomic mass is 9.99. The maximum Gasteiger partial charge on any atom is 0.204 e. The average molecular weight is 564 g/mol. The normalized spacial score (nSPS) is 15.0. The Morgan fingerprint density at radius 2 is 1.13 bits per heavy atom. The fourth-order valence-corrected chi connectivity index (χ4v) is 6.00. The van der Waals surface area contributed by atoms with Gasteiger partial charge in [-0.2, -0.15) is 0 Å². The van der Waals surface area contributed by atoms with Crippen LogP contribution in [0.25, 0.3) is 32.9 Å². The van der Waals surface area contributed by atoms with Crippen LogP contribution in [0.3, 0.4) is 0 Å². The first-order valence-corrected chi connectivity index (χ1v) is 13.9. The summed E-state index contributed by atoms with van der Waals surface area (Å²) in [6.07, 6.45) is 8.79. The molecule has 6 aromatic rings. The molecule has 8 rings (SSSR count). The Labute approximate surface area is 229 Å². The molecule has 38 heavy (non-hydrogen) atoms. The Hall–Kier alpha value is -3.84. The molecule has 2 heterocycles. The second-order valence-corrected chi connectivity index (χ2v) is 10.9. The van der Waals surface area contributed by atoms with Crippen molar-refractivity contribution in [2.24, 2.45) is 0 Å². The van der Waals surface area contributed by atoms with Crippen LogP contribution < -0.4 is 0 Å². The van der Waals surface area contributed by atoms with Crippen molar-refractivity contribution < 1.29 is 0 Å². The van der Waals surface area contributed by atoms with Crippen molar-refractivity contribution in [1.29, 1.82) is 0 Å². The fraction of sp³-hybridized carbons (Fsp3) is 0.226. The highest BCUT2D eigenvalue weighted by atomic mass is 79.9. The molecule has 0 radical (unpaired) electrons. The van der Waals surface area contributed by atoms with Gasteiger partial charge >= 0.3 is 0 Å². The average Bonchev–Trinajstić information content (AvgIpc) is 3.89. The second-order valence-electron chi connectivity index (χ2n) is 10.2. The van der Waals surface area contributed by atoms with E-state index in [1.54, 1.807) is 12.7 Å². The molecule has 188 valence electrons. The lowest BCUT2D eigenvalue weighted by Gasteiger charge is -2.13.